The molecule has 0 nitrogen and oxygen atoms in total. The summed E-state index contributed by atoms with van der Waals surface area (Å²) < 4.78 is 0. The number of fused-ring (bicyclic) bond motifs is 6. The fourth-order valence-corrected chi connectivity index (χ4v) is 3.56. The fraction of sp³-hybridized carbons (Fsp3) is 0.333. The third kappa shape index (κ3) is 1.38. The normalized spacial score (nSPS) is 19.3. The van der Waals surface area contributed by atoms with Gasteiger partial charge < -0.3 is 0 Å². The molecule has 4 rings (SSSR count). The highest BCUT2D eigenvalue weighted by molar-refractivity contribution is 5.51. The molecule has 0 aliphatic heterocycles. The predicted octanol–water partition coefficient (Wildman–Crippen LogP) is -0.249. The van der Waals surface area contributed by atoms with Gasteiger partial charge in [-0.05, 0) is 69.8 Å². The number of hydrogen-bond acceptors (Lipinski definition) is 0. The topological polar surface area (TPSA) is 0 Å². The molecule has 0 heteroatoms. The summed E-state index contributed by atoms with van der Waals surface area (Å²) in [6, 6.07) is 0. The molecule has 0 heterocycles. The van der Waals surface area contributed by atoms with Crippen LogP contribution in [0, 0.1) is 0 Å². The molecule has 0 amide bonds. The SMILES string of the molecule is C1=c2c3c(c4c(c2=CCC1)=CCCC=4)=CCCC=3. The van der Waals surface area contributed by atoms with Crippen molar-refractivity contribution in [3.05, 3.63) is 31.3 Å². The minimum atomic E-state index is 1.20. The highest BCUT2D eigenvalue weighted by Gasteiger charge is 2.05. The van der Waals surface area contributed by atoms with Gasteiger partial charge in [0.05, 0.1) is 0 Å². The van der Waals surface area contributed by atoms with Gasteiger partial charge in [0.15, 0.2) is 0 Å². The summed E-state index contributed by atoms with van der Waals surface area (Å²) in [4.78, 5) is 0. The first kappa shape index (κ1) is 10.4. The van der Waals surface area contributed by atoms with Gasteiger partial charge in [-0.3, -0.25) is 0 Å². The molecule has 0 saturated heterocycles. The molecule has 3 aliphatic carbocycles. The van der Waals surface area contributed by atoms with Crippen LogP contribution in [0.2, 0.25) is 0 Å². The van der Waals surface area contributed by atoms with Crippen LogP contribution in [0.15, 0.2) is 0 Å². The van der Waals surface area contributed by atoms with Crippen molar-refractivity contribution in [2.75, 3.05) is 0 Å². The fourth-order valence-electron chi connectivity index (χ4n) is 3.56. The molecule has 1 aromatic rings. The Labute approximate surface area is 107 Å². The zero-order chi connectivity index (χ0) is 11.9. The average Bonchev–Trinajstić information content (AvgIpc) is 2.48. The van der Waals surface area contributed by atoms with Gasteiger partial charge in [-0.1, -0.05) is 36.5 Å². The van der Waals surface area contributed by atoms with Crippen molar-refractivity contribution >= 4 is 36.5 Å². The van der Waals surface area contributed by atoms with Crippen LogP contribution in [0.4, 0.5) is 0 Å². The quantitative estimate of drug-likeness (QED) is 0.581. The predicted molar refractivity (Wildman–Crippen MR) is 78.7 cm³/mol. The first-order valence-corrected chi connectivity index (χ1v) is 7.18. The molecule has 0 radical (unpaired) electrons. The second-order valence-corrected chi connectivity index (χ2v) is 5.44. The zero-order valence-electron chi connectivity index (χ0n) is 10.7. The smallest absolute Gasteiger partial charge is 0.0145 e. The van der Waals surface area contributed by atoms with E-state index >= 15 is 0 Å². The van der Waals surface area contributed by atoms with Crippen LogP contribution in [0.1, 0.15) is 38.5 Å². The second-order valence-electron chi connectivity index (χ2n) is 5.44. The van der Waals surface area contributed by atoms with Gasteiger partial charge in [-0.25, -0.2) is 0 Å². The van der Waals surface area contributed by atoms with Crippen LogP contribution >= 0.6 is 0 Å². The van der Waals surface area contributed by atoms with Crippen LogP contribution in [0.25, 0.3) is 36.5 Å². The molecule has 90 valence electrons. The Kier molecular flexibility index (Phi) is 2.29. The van der Waals surface area contributed by atoms with Crippen molar-refractivity contribution in [2.24, 2.45) is 0 Å². The van der Waals surface area contributed by atoms with E-state index in [0.29, 0.717) is 0 Å². The third-order valence-corrected chi connectivity index (χ3v) is 4.33. The van der Waals surface area contributed by atoms with E-state index in [-0.39, 0.29) is 0 Å². The molecule has 0 bridgehead atoms. The molecule has 0 unspecified atom stereocenters. The van der Waals surface area contributed by atoms with E-state index < -0.39 is 0 Å². The Morgan fingerprint density at radius 1 is 0.333 bits per heavy atom. The van der Waals surface area contributed by atoms with Gasteiger partial charge in [-0.15, -0.1) is 0 Å². The first-order chi connectivity index (χ1) is 8.95. The Balaban J connectivity index is 2.45. The maximum absolute atomic E-state index is 2.45. The van der Waals surface area contributed by atoms with Gasteiger partial charge in [0.25, 0.3) is 0 Å². The monoisotopic (exact) mass is 234 g/mol. The Morgan fingerprint density at radius 3 is 0.667 bits per heavy atom. The zero-order valence-corrected chi connectivity index (χ0v) is 10.7. The lowest BCUT2D eigenvalue weighted by atomic mass is 9.94. The van der Waals surface area contributed by atoms with Crippen molar-refractivity contribution in [2.45, 2.75) is 38.5 Å². The van der Waals surface area contributed by atoms with E-state index in [1.54, 1.807) is 0 Å². The summed E-state index contributed by atoms with van der Waals surface area (Å²) >= 11 is 0. The van der Waals surface area contributed by atoms with E-state index in [9.17, 15) is 0 Å². The van der Waals surface area contributed by atoms with Crippen LogP contribution < -0.4 is 31.3 Å². The molecule has 0 atom stereocenters. The van der Waals surface area contributed by atoms with Crippen molar-refractivity contribution in [1.29, 1.82) is 0 Å². The molecular weight excluding hydrogens is 216 g/mol. The summed E-state index contributed by atoms with van der Waals surface area (Å²) in [5.74, 6) is 0. The summed E-state index contributed by atoms with van der Waals surface area (Å²) in [6.45, 7) is 0. The van der Waals surface area contributed by atoms with Crippen LogP contribution in [0.3, 0.4) is 0 Å². The van der Waals surface area contributed by atoms with Crippen LogP contribution in [-0.4, -0.2) is 0 Å². The molecule has 18 heavy (non-hydrogen) atoms. The highest BCUT2D eigenvalue weighted by atomic mass is 14.1. The molecular formula is C18H18. The lowest BCUT2D eigenvalue weighted by Crippen LogP contribution is -2.66. The van der Waals surface area contributed by atoms with Gasteiger partial charge in [-0.2, -0.15) is 0 Å². The number of rotatable bonds is 0. The third-order valence-electron chi connectivity index (χ3n) is 4.33. The van der Waals surface area contributed by atoms with Crippen molar-refractivity contribution < 1.29 is 0 Å². The first-order valence-electron chi connectivity index (χ1n) is 7.18. The Hall–Kier alpha value is -1.56. The summed E-state index contributed by atoms with van der Waals surface area (Å²) in [7, 11) is 0. The lowest BCUT2D eigenvalue weighted by molar-refractivity contribution is 1.04. The van der Waals surface area contributed by atoms with Crippen molar-refractivity contribution in [3.8, 4) is 0 Å². The minimum Gasteiger partial charge on any atom is -0.0757 e. The van der Waals surface area contributed by atoms with Gasteiger partial charge in [0.2, 0.25) is 0 Å². The van der Waals surface area contributed by atoms with Crippen LogP contribution in [0.5, 0.6) is 0 Å². The molecule has 3 aliphatic rings. The molecule has 1 aromatic carbocycles. The molecule has 0 saturated carbocycles. The molecule has 0 spiro atoms. The highest BCUT2D eigenvalue weighted by Crippen LogP contribution is 1.96. The standard InChI is InChI=1S/C18H18/c1-2-8-14-13(7-1)15-9-3-4-11-17(15)18-12-6-5-10-16(14)18/h7-12H,1-6H2. The van der Waals surface area contributed by atoms with E-state index in [4.69, 9.17) is 0 Å². The number of hydrogen-bond donors (Lipinski definition) is 0. The number of benzene rings is 1. The molecule has 0 aromatic heterocycles. The summed E-state index contributed by atoms with van der Waals surface area (Å²) in [5.41, 5.74) is 0. The molecule has 0 fully saturated rings. The van der Waals surface area contributed by atoms with Crippen LogP contribution in [-0.2, 0) is 0 Å². The Morgan fingerprint density at radius 2 is 0.500 bits per heavy atom. The van der Waals surface area contributed by atoms with Crippen molar-refractivity contribution in [1.82, 2.24) is 0 Å². The van der Waals surface area contributed by atoms with E-state index in [1.165, 1.54) is 69.8 Å². The van der Waals surface area contributed by atoms with Gasteiger partial charge >= 0.3 is 0 Å². The van der Waals surface area contributed by atoms with Gasteiger partial charge in [0.1, 0.15) is 0 Å². The second kappa shape index (κ2) is 3.98. The lowest BCUT2D eigenvalue weighted by Gasteiger charge is -2.10. The Bertz CT molecular complexity index is 632. The van der Waals surface area contributed by atoms with E-state index in [1.807, 2.05) is 0 Å². The summed E-state index contributed by atoms with van der Waals surface area (Å²) in [6.07, 6.45) is 21.9. The average molecular weight is 234 g/mol. The van der Waals surface area contributed by atoms with Crippen molar-refractivity contribution in [3.63, 3.8) is 0 Å². The minimum absolute atomic E-state index is 1.20. The molecule has 0 N–H and O–H groups in total. The van der Waals surface area contributed by atoms with E-state index in [2.05, 4.69) is 36.5 Å². The van der Waals surface area contributed by atoms with E-state index in [0.717, 1.165) is 0 Å². The maximum Gasteiger partial charge on any atom is -0.0145 e. The maximum atomic E-state index is 2.45. The summed E-state index contributed by atoms with van der Waals surface area (Å²) in [5, 5.41) is 9.07. The van der Waals surface area contributed by atoms with Gasteiger partial charge in [0, 0.05) is 0 Å². The largest absolute Gasteiger partial charge is 0.0757 e.